The maximum atomic E-state index is 13.0. The average Bonchev–Trinajstić information content (AvgIpc) is 2.73. The minimum Gasteiger partial charge on any atom is -0.331 e. The molecule has 3 aromatic carbocycles. The summed E-state index contributed by atoms with van der Waals surface area (Å²) in [5.74, 6) is -0.414. The van der Waals surface area contributed by atoms with Crippen LogP contribution in [0.5, 0.6) is 0 Å². The highest BCUT2D eigenvalue weighted by atomic mass is 35.5. The van der Waals surface area contributed by atoms with Gasteiger partial charge in [-0.15, -0.1) is 0 Å². The first-order valence-electron chi connectivity index (χ1n) is 8.79. The normalized spacial score (nSPS) is 10.8. The highest BCUT2D eigenvalue weighted by molar-refractivity contribution is 7.92. The Bertz CT molecular complexity index is 1270. The lowest BCUT2D eigenvalue weighted by Gasteiger charge is -2.14. The second-order valence-electron chi connectivity index (χ2n) is 6.26. The molecule has 0 bridgehead atoms. The third kappa shape index (κ3) is 6.03. The topological polar surface area (TPSA) is 125 Å². The van der Waals surface area contributed by atoms with Crippen molar-refractivity contribution in [1.29, 1.82) is 0 Å². The van der Waals surface area contributed by atoms with Crippen LogP contribution >= 0.6 is 23.8 Å². The third-order valence-corrected chi connectivity index (χ3v) is 5.78. The Morgan fingerprint density at radius 2 is 1.75 bits per heavy atom. The zero-order valence-electron chi connectivity index (χ0n) is 16.0. The lowest BCUT2D eigenvalue weighted by Crippen LogP contribution is -2.33. The molecule has 0 aliphatic carbocycles. The standard InChI is InChI=1S/C19H15ClFN5O4S2/c20-12-2-1-3-15(10-12)25-32(29,30)16-8-9-17(18(11-16)26(27)28)23-24-19(31)22-14-6-4-13(21)5-7-14/h1-11,23,25H,(H2,22,24,31). The number of hydrogen-bond acceptors (Lipinski definition) is 6. The molecule has 0 fully saturated rings. The Morgan fingerprint density at radius 3 is 2.41 bits per heavy atom. The Kier molecular flexibility index (Phi) is 7.08. The molecule has 0 atom stereocenters. The van der Waals surface area contributed by atoms with Gasteiger partial charge in [0.2, 0.25) is 0 Å². The van der Waals surface area contributed by atoms with Crippen LogP contribution in [0.25, 0.3) is 0 Å². The van der Waals surface area contributed by atoms with Gasteiger partial charge in [0.25, 0.3) is 15.7 Å². The van der Waals surface area contributed by atoms with Crippen LogP contribution in [0.3, 0.4) is 0 Å². The first-order chi connectivity index (χ1) is 15.1. The quantitative estimate of drug-likeness (QED) is 0.214. The maximum Gasteiger partial charge on any atom is 0.295 e. The van der Waals surface area contributed by atoms with Crippen molar-refractivity contribution < 1.29 is 17.7 Å². The van der Waals surface area contributed by atoms with Crippen LogP contribution in [-0.4, -0.2) is 18.5 Å². The van der Waals surface area contributed by atoms with Gasteiger partial charge < -0.3 is 5.32 Å². The molecule has 0 radical (unpaired) electrons. The molecule has 13 heteroatoms. The van der Waals surface area contributed by atoms with E-state index in [1.807, 2.05) is 0 Å². The molecule has 0 aliphatic rings. The number of hydrazine groups is 1. The number of nitro benzene ring substituents is 1. The number of rotatable bonds is 7. The number of nitrogens with zero attached hydrogens (tertiary/aromatic N) is 1. The van der Waals surface area contributed by atoms with Crippen LogP contribution in [-0.2, 0) is 10.0 Å². The molecule has 0 unspecified atom stereocenters. The van der Waals surface area contributed by atoms with Crippen molar-refractivity contribution in [3.63, 3.8) is 0 Å². The molecule has 3 aromatic rings. The molecule has 32 heavy (non-hydrogen) atoms. The van der Waals surface area contributed by atoms with Gasteiger partial charge in [-0.2, -0.15) is 0 Å². The average molecular weight is 496 g/mol. The van der Waals surface area contributed by atoms with E-state index < -0.39 is 26.5 Å². The summed E-state index contributed by atoms with van der Waals surface area (Å²) in [6, 6.07) is 14.7. The summed E-state index contributed by atoms with van der Waals surface area (Å²) in [6.07, 6.45) is 0. The zero-order valence-corrected chi connectivity index (χ0v) is 18.4. The van der Waals surface area contributed by atoms with Crippen molar-refractivity contribution in [2.45, 2.75) is 4.90 Å². The fourth-order valence-corrected chi connectivity index (χ4v) is 3.95. The molecular formula is C19H15ClFN5O4S2. The SMILES string of the molecule is O=[N+]([O-])c1cc(S(=O)(=O)Nc2cccc(Cl)c2)ccc1NNC(=S)Nc1ccc(F)cc1. The molecule has 0 saturated carbocycles. The van der Waals surface area contributed by atoms with Crippen molar-refractivity contribution >= 4 is 61.7 Å². The monoisotopic (exact) mass is 495 g/mol. The van der Waals surface area contributed by atoms with E-state index in [2.05, 4.69) is 20.9 Å². The maximum absolute atomic E-state index is 13.0. The van der Waals surface area contributed by atoms with Crippen LogP contribution in [0.1, 0.15) is 0 Å². The number of thiocarbonyl (C=S) groups is 1. The summed E-state index contributed by atoms with van der Waals surface area (Å²) in [5.41, 5.74) is 5.29. The molecule has 3 rings (SSSR count). The van der Waals surface area contributed by atoms with Gasteiger partial charge in [0.05, 0.1) is 15.5 Å². The van der Waals surface area contributed by atoms with Crippen molar-refractivity contribution in [3.8, 4) is 0 Å². The van der Waals surface area contributed by atoms with E-state index in [9.17, 15) is 22.9 Å². The summed E-state index contributed by atoms with van der Waals surface area (Å²) < 4.78 is 40.5. The first kappa shape index (κ1) is 23.2. The van der Waals surface area contributed by atoms with Crippen LogP contribution < -0.4 is 20.9 Å². The summed E-state index contributed by atoms with van der Waals surface area (Å²) in [4.78, 5) is 10.4. The Hall–Kier alpha value is -3.48. The number of halogens is 2. The number of hydrogen-bond donors (Lipinski definition) is 4. The van der Waals surface area contributed by atoms with Gasteiger partial charge in [-0.3, -0.25) is 25.7 Å². The Labute approximate surface area is 192 Å². The largest absolute Gasteiger partial charge is 0.331 e. The summed E-state index contributed by atoms with van der Waals surface area (Å²) in [5, 5.41) is 14.6. The highest BCUT2D eigenvalue weighted by Gasteiger charge is 2.22. The molecule has 0 saturated heterocycles. The molecule has 0 aromatic heterocycles. The van der Waals surface area contributed by atoms with E-state index in [1.54, 1.807) is 12.1 Å². The molecule has 0 heterocycles. The Balaban J connectivity index is 1.74. The molecular weight excluding hydrogens is 481 g/mol. The van der Waals surface area contributed by atoms with Gasteiger partial charge in [0.1, 0.15) is 11.5 Å². The van der Waals surface area contributed by atoms with Gasteiger partial charge in [0.15, 0.2) is 5.11 Å². The predicted octanol–water partition coefficient (Wildman–Crippen LogP) is 4.50. The van der Waals surface area contributed by atoms with Gasteiger partial charge >= 0.3 is 0 Å². The predicted molar refractivity (Wildman–Crippen MR) is 125 cm³/mol. The summed E-state index contributed by atoms with van der Waals surface area (Å²) >= 11 is 10.9. The van der Waals surface area contributed by atoms with Crippen molar-refractivity contribution in [2.24, 2.45) is 0 Å². The van der Waals surface area contributed by atoms with Gasteiger partial charge in [0, 0.05) is 16.8 Å². The van der Waals surface area contributed by atoms with Crippen LogP contribution in [0.4, 0.5) is 27.1 Å². The van der Waals surface area contributed by atoms with Crippen LogP contribution in [0.2, 0.25) is 5.02 Å². The zero-order chi connectivity index (χ0) is 23.3. The summed E-state index contributed by atoms with van der Waals surface area (Å²) in [6.45, 7) is 0. The van der Waals surface area contributed by atoms with Crippen molar-refractivity contribution in [3.05, 3.63) is 87.7 Å². The second-order valence-corrected chi connectivity index (χ2v) is 8.79. The minimum atomic E-state index is -4.11. The van der Waals surface area contributed by atoms with E-state index in [4.69, 9.17) is 23.8 Å². The first-order valence-corrected chi connectivity index (χ1v) is 11.1. The smallest absolute Gasteiger partial charge is 0.295 e. The van der Waals surface area contributed by atoms with Crippen molar-refractivity contribution in [2.75, 3.05) is 15.5 Å². The second kappa shape index (κ2) is 9.77. The number of anilines is 3. The fourth-order valence-electron chi connectivity index (χ4n) is 2.52. The fraction of sp³-hybridized carbons (Fsp3) is 0. The van der Waals surface area contributed by atoms with Crippen molar-refractivity contribution in [1.82, 2.24) is 5.43 Å². The number of nitro groups is 1. The number of nitrogens with one attached hydrogen (secondary N) is 4. The minimum absolute atomic E-state index is 0.0278. The molecule has 0 aliphatic heterocycles. The van der Waals surface area contributed by atoms with Crippen LogP contribution in [0, 0.1) is 15.9 Å². The number of benzene rings is 3. The van der Waals surface area contributed by atoms with Gasteiger partial charge in [-0.25, -0.2) is 12.8 Å². The van der Waals surface area contributed by atoms with E-state index in [0.717, 1.165) is 6.07 Å². The van der Waals surface area contributed by atoms with E-state index in [0.29, 0.717) is 10.7 Å². The van der Waals surface area contributed by atoms with E-state index >= 15 is 0 Å². The lowest BCUT2D eigenvalue weighted by atomic mass is 10.3. The van der Waals surface area contributed by atoms with Gasteiger partial charge in [-0.1, -0.05) is 17.7 Å². The summed E-state index contributed by atoms with van der Waals surface area (Å²) in [7, 11) is -4.11. The molecule has 0 spiro atoms. The van der Waals surface area contributed by atoms with Gasteiger partial charge in [-0.05, 0) is 66.8 Å². The Morgan fingerprint density at radius 1 is 1.03 bits per heavy atom. The molecule has 0 amide bonds. The molecule has 166 valence electrons. The number of sulfonamides is 1. The third-order valence-electron chi connectivity index (χ3n) is 3.97. The lowest BCUT2D eigenvalue weighted by molar-refractivity contribution is -0.384. The molecule has 9 nitrogen and oxygen atoms in total. The highest BCUT2D eigenvalue weighted by Crippen LogP contribution is 2.28. The molecule has 4 N–H and O–H groups in total. The van der Waals surface area contributed by atoms with Crippen LogP contribution in [0.15, 0.2) is 71.6 Å². The van der Waals surface area contributed by atoms with E-state index in [-0.39, 0.29) is 21.4 Å². The van der Waals surface area contributed by atoms with E-state index in [1.165, 1.54) is 48.5 Å².